The second kappa shape index (κ2) is 8.92. The molecular weight excluding hydrogens is 395 g/mol. The Bertz CT molecular complexity index is 728. The molecule has 1 fully saturated rings. The van der Waals surface area contributed by atoms with Gasteiger partial charge in [-0.1, -0.05) is 17.7 Å². The molecule has 148 valence electrons. The molecule has 1 saturated heterocycles. The van der Waals surface area contributed by atoms with Crippen LogP contribution in [-0.4, -0.2) is 48.0 Å². The molecule has 1 aromatic rings. The highest BCUT2D eigenvalue weighted by atomic mass is 35.5. The zero-order chi connectivity index (χ0) is 19.4. The van der Waals surface area contributed by atoms with E-state index in [0.29, 0.717) is 29.2 Å². The number of carbonyl (C=O) groups excluding carboxylic acids is 1. The molecular formula is C19H22ClFO5S. The van der Waals surface area contributed by atoms with E-state index in [0.717, 1.165) is 5.56 Å². The highest BCUT2D eigenvalue weighted by Crippen LogP contribution is 2.41. The van der Waals surface area contributed by atoms with Gasteiger partial charge in [0.1, 0.15) is 11.9 Å². The lowest BCUT2D eigenvalue weighted by atomic mass is 9.94. The molecule has 5 nitrogen and oxygen atoms in total. The summed E-state index contributed by atoms with van der Waals surface area (Å²) in [6.45, 7) is 2.17. The standard InChI is InChI=1S/C19H22ClFO5S/c1-2-24-18(23)15-8-19(25-10-14(9-22)26-19)6-5-17(15)27-11-12-3-4-13(21)7-16(12)20/h3-4,7-8,14,17,22H,2,5-6,9-11H2,1H3. The second-order valence-electron chi connectivity index (χ2n) is 6.44. The van der Waals surface area contributed by atoms with Crippen molar-refractivity contribution in [3.05, 3.63) is 46.3 Å². The van der Waals surface area contributed by atoms with Crippen LogP contribution in [0.25, 0.3) is 0 Å². The third kappa shape index (κ3) is 4.84. The first kappa shape index (κ1) is 20.6. The van der Waals surface area contributed by atoms with E-state index in [-0.39, 0.29) is 30.9 Å². The first-order valence-corrected chi connectivity index (χ1v) is 10.3. The lowest BCUT2D eigenvalue weighted by Crippen LogP contribution is -2.37. The number of ether oxygens (including phenoxy) is 3. The van der Waals surface area contributed by atoms with Crippen molar-refractivity contribution < 1.29 is 28.5 Å². The molecule has 1 aromatic carbocycles. The van der Waals surface area contributed by atoms with Crippen molar-refractivity contribution in [2.45, 2.75) is 42.7 Å². The summed E-state index contributed by atoms with van der Waals surface area (Å²) in [5, 5.41) is 9.54. The molecule has 3 unspecified atom stereocenters. The fraction of sp³-hybridized carbons (Fsp3) is 0.526. The molecule has 0 amide bonds. The fourth-order valence-corrected chi connectivity index (χ4v) is 4.75. The molecule has 3 atom stereocenters. The van der Waals surface area contributed by atoms with Crippen LogP contribution in [0.4, 0.5) is 4.39 Å². The Morgan fingerprint density at radius 1 is 1.52 bits per heavy atom. The van der Waals surface area contributed by atoms with Gasteiger partial charge in [0.05, 0.1) is 25.4 Å². The van der Waals surface area contributed by atoms with Gasteiger partial charge in [0.25, 0.3) is 0 Å². The van der Waals surface area contributed by atoms with Gasteiger partial charge < -0.3 is 19.3 Å². The first-order chi connectivity index (χ1) is 13.0. The Balaban J connectivity index is 1.76. The van der Waals surface area contributed by atoms with Crippen LogP contribution in [-0.2, 0) is 24.8 Å². The summed E-state index contributed by atoms with van der Waals surface area (Å²) < 4.78 is 30.0. The van der Waals surface area contributed by atoms with Gasteiger partial charge >= 0.3 is 5.97 Å². The topological polar surface area (TPSA) is 65.0 Å². The number of hydrogen-bond donors (Lipinski definition) is 1. The summed E-state index contributed by atoms with van der Waals surface area (Å²) in [7, 11) is 0. The number of benzene rings is 1. The average Bonchev–Trinajstić information content (AvgIpc) is 3.05. The molecule has 1 spiro atoms. The minimum atomic E-state index is -0.986. The summed E-state index contributed by atoms with van der Waals surface area (Å²) in [4.78, 5) is 12.5. The van der Waals surface area contributed by atoms with E-state index >= 15 is 0 Å². The van der Waals surface area contributed by atoms with Gasteiger partial charge in [-0.2, -0.15) is 0 Å². The number of hydrogen-bond acceptors (Lipinski definition) is 6. The highest BCUT2D eigenvalue weighted by Gasteiger charge is 2.45. The number of aliphatic hydroxyl groups is 1. The minimum Gasteiger partial charge on any atom is -0.463 e. The largest absolute Gasteiger partial charge is 0.463 e. The highest BCUT2D eigenvalue weighted by molar-refractivity contribution is 7.99. The molecule has 0 radical (unpaired) electrons. The molecule has 8 heteroatoms. The van der Waals surface area contributed by atoms with Crippen LogP contribution in [0.3, 0.4) is 0 Å². The van der Waals surface area contributed by atoms with E-state index in [9.17, 15) is 14.3 Å². The van der Waals surface area contributed by atoms with E-state index in [1.807, 2.05) is 0 Å². The number of thioether (sulfide) groups is 1. The quantitative estimate of drug-likeness (QED) is 0.716. The van der Waals surface area contributed by atoms with Gasteiger partial charge in [-0.05, 0) is 37.1 Å². The maximum atomic E-state index is 13.2. The van der Waals surface area contributed by atoms with E-state index in [1.54, 1.807) is 30.8 Å². The summed E-state index contributed by atoms with van der Waals surface area (Å²) >= 11 is 7.65. The van der Waals surface area contributed by atoms with Crippen molar-refractivity contribution in [1.29, 1.82) is 0 Å². The molecule has 0 bridgehead atoms. The lowest BCUT2D eigenvalue weighted by Gasteiger charge is -2.33. The van der Waals surface area contributed by atoms with Gasteiger partial charge in [0.2, 0.25) is 0 Å². The Labute approximate surface area is 166 Å². The van der Waals surface area contributed by atoms with Crippen LogP contribution >= 0.6 is 23.4 Å². The van der Waals surface area contributed by atoms with E-state index in [2.05, 4.69) is 0 Å². The molecule has 2 aliphatic rings. The number of rotatable bonds is 6. The van der Waals surface area contributed by atoms with Gasteiger partial charge in [-0.15, -0.1) is 11.8 Å². The van der Waals surface area contributed by atoms with Crippen molar-refractivity contribution >= 4 is 29.3 Å². The zero-order valence-electron chi connectivity index (χ0n) is 15.0. The van der Waals surface area contributed by atoms with Crippen molar-refractivity contribution in [3.8, 4) is 0 Å². The number of aliphatic hydroxyl groups excluding tert-OH is 1. The predicted molar refractivity (Wildman–Crippen MR) is 101 cm³/mol. The van der Waals surface area contributed by atoms with E-state index in [1.165, 1.54) is 12.1 Å². The van der Waals surface area contributed by atoms with E-state index in [4.69, 9.17) is 25.8 Å². The van der Waals surface area contributed by atoms with Gasteiger partial charge in [0.15, 0.2) is 5.79 Å². The fourth-order valence-electron chi connectivity index (χ4n) is 3.18. The first-order valence-electron chi connectivity index (χ1n) is 8.84. The van der Waals surface area contributed by atoms with Crippen molar-refractivity contribution in [2.75, 3.05) is 19.8 Å². The van der Waals surface area contributed by atoms with Gasteiger partial charge in [-0.3, -0.25) is 0 Å². The molecule has 0 aromatic heterocycles. The Kier molecular flexibility index (Phi) is 6.81. The Hall–Kier alpha value is -1.12. The second-order valence-corrected chi connectivity index (χ2v) is 8.04. The maximum Gasteiger partial charge on any atom is 0.335 e. The molecule has 27 heavy (non-hydrogen) atoms. The molecule has 0 saturated carbocycles. The van der Waals surface area contributed by atoms with Crippen LogP contribution in [0.5, 0.6) is 0 Å². The number of esters is 1. The third-order valence-electron chi connectivity index (χ3n) is 4.53. The van der Waals surface area contributed by atoms with Crippen LogP contribution in [0.2, 0.25) is 5.02 Å². The molecule has 1 aliphatic heterocycles. The third-order valence-corrected chi connectivity index (χ3v) is 6.25. The van der Waals surface area contributed by atoms with Crippen molar-refractivity contribution in [2.24, 2.45) is 0 Å². The maximum absolute atomic E-state index is 13.2. The summed E-state index contributed by atoms with van der Waals surface area (Å²) in [5.41, 5.74) is 1.30. The van der Waals surface area contributed by atoms with Crippen LogP contribution < -0.4 is 0 Å². The molecule has 1 aliphatic carbocycles. The SMILES string of the molecule is CCOC(=O)C1=CC2(CCC1SCc1ccc(F)cc1Cl)OCC(CO)O2. The summed E-state index contributed by atoms with van der Waals surface area (Å²) in [6.07, 6.45) is 2.51. The lowest BCUT2D eigenvalue weighted by molar-refractivity contribution is -0.148. The van der Waals surface area contributed by atoms with Crippen LogP contribution in [0, 0.1) is 5.82 Å². The number of halogens is 2. The van der Waals surface area contributed by atoms with Crippen LogP contribution in [0.1, 0.15) is 25.3 Å². The molecule has 1 N–H and O–H groups in total. The Morgan fingerprint density at radius 2 is 2.33 bits per heavy atom. The monoisotopic (exact) mass is 416 g/mol. The van der Waals surface area contributed by atoms with Crippen LogP contribution in [0.15, 0.2) is 29.8 Å². The smallest absolute Gasteiger partial charge is 0.335 e. The molecule has 3 rings (SSSR count). The van der Waals surface area contributed by atoms with Crippen molar-refractivity contribution in [1.82, 2.24) is 0 Å². The average molecular weight is 417 g/mol. The molecule has 1 heterocycles. The minimum absolute atomic E-state index is 0.115. The summed E-state index contributed by atoms with van der Waals surface area (Å²) in [5.74, 6) is -1.23. The Morgan fingerprint density at radius 3 is 3.00 bits per heavy atom. The normalized spacial score (nSPS) is 27.6. The summed E-state index contributed by atoms with van der Waals surface area (Å²) in [6, 6.07) is 4.30. The number of carbonyl (C=O) groups is 1. The predicted octanol–water partition coefficient (Wildman–Crippen LogP) is 3.47. The van der Waals surface area contributed by atoms with Crippen molar-refractivity contribution in [3.63, 3.8) is 0 Å². The zero-order valence-corrected chi connectivity index (χ0v) is 16.5. The van der Waals surface area contributed by atoms with E-state index < -0.39 is 17.9 Å². The van der Waals surface area contributed by atoms with Gasteiger partial charge in [0, 0.05) is 22.4 Å². The van der Waals surface area contributed by atoms with Gasteiger partial charge in [-0.25, -0.2) is 9.18 Å².